The summed E-state index contributed by atoms with van der Waals surface area (Å²) < 4.78 is 1.23. The zero-order valence-electron chi connectivity index (χ0n) is 10.2. The zero-order valence-corrected chi connectivity index (χ0v) is 10.2. The Morgan fingerprint density at radius 3 is 2.79 bits per heavy atom. The number of aliphatic hydroxyl groups excluding tert-OH is 1. The van der Waals surface area contributed by atoms with Crippen molar-refractivity contribution in [3.05, 3.63) is 51.9 Å². The summed E-state index contributed by atoms with van der Waals surface area (Å²) in [7, 11) is 0. The molecule has 0 unspecified atom stereocenters. The number of hydrogen-bond donors (Lipinski definition) is 2. The fraction of sp³-hybridized carbons (Fsp3) is 0.154. The molecule has 0 fully saturated rings. The van der Waals surface area contributed by atoms with E-state index in [1.807, 2.05) is 0 Å². The molecule has 0 saturated heterocycles. The van der Waals surface area contributed by atoms with Crippen molar-refractivity contribution in [2.45, 2.75) is 13.5 Å². The van der Waals surface area contributed by atoms with Gasteiger partial charge in [0, 0.05) is 6.92 Å². The number of aromatic nitrogens is 2. The van der Waals surface area contributed by atoms with Gasteiger partial charge in [0.15, 0.2) is 17.2 Å². The maximum absolute atomic E-state index is 11.5. The smallest absolute Gasteiger partial charge is 0.252 e. The molecule has 0 aliphatic rings. The van der Waals surface area contributed by atoms with Crippen LogP contribution in [0.3, 0.4) is 0 Å². The van der Waals surface area contributed by atoms with Crippen molar-refractivity contribution in [3.63, 3.8) is 0 Å². The van der Waals surface area contributed by atoms with Gasteiger partial charge in [-0.1, -0.05) is 12.1 Å². The summed E-state index contributed by atoms with van der Waals surface area (Å²) in [6.45, 7) is 1.07. The Morgan fingerprint density at radius 2 is 2.16 bits per heavy atom. The topological polar surface area (TPSA) is 92.4 Å². The molecule has 0 spiro atoms. The minimum Gasteiger partial charge on any atom is -0.503 e. The van der Waals surface area contributed by atoms with E-state index < -0.39 is 17.0 Å². The number of aliphatic hydroxyl groups is 1. The van der Waals surface area contributed by atoms with Crippen molar-refractivity contribution in [1.82, 2.24) is 9.78 Å². The summed E-state index contributed by atoms with van der Waals surface area (Å²) in [5.41, 5.74) is 0.0719. The lowest BCUT2D eigenvalue weighted by atomic mass is 10.2. The van der Waals surface area contributed by atoms with Gasteiger partial charge in [-0.15, -0.1) is 0 Å². The van der Waals surface area contributed by atoms with E-state index in [2.05, 4.69) is 5.10 Å². The van der Waals surface area contributed by atoms with Gasteiger partial charge in [-0.2, -0.15) is 5.10 Å². The van der Waals surface area contributed by atoms with E-state index in [1.54, 1.807) is 24.3 Å². The molecule has 2 rings (SSSR count). The number of rotatable bonds is 3. The van der Waals surface area contributed by atoms with Gasteiger partial charge in [-0.25, -0.2) is 4.68 Å². The Kier molecular flexibility index (Phi) is 3.43. The van der Waals surface area contributed by atoms with Gasteiger partial charge in [0.1, 0.15) is 0 Å². The first-order valence-corrected chi connectivity index (χ1v) is 5.57. The molecule has 0 aliphatic carbocycles. The number of nitrogens with zero attached hydrogens (tertiary/aromatic N) is 2. The lowest BCUT2D eigenvalue weighted by Gasteiger charge is -2.08. The predicted molar refractivity (Wildman–Crippen MR) is 67.4 cm³/mol. The van der Waals surface area contributed by atoms with Gasteiger partial charge in [-0.3, -0.25) is 9.59 Å². The number of carbonyl (C=O) groups excluding carboxylic acids is 1. The normalized spacial score (nSPS) is 10.4. The minimum absolute atomic E-state index is 0.139. The van der Waals surface area contributed by atoms with Crippen LogP contribution < -0.4 is 5.43 Å². The molecule has 0 amide bonds. The van der Waals surface area contributed by atoms with E-state index >= 15 is 0 Å². The van der Waals surface area contributed by atoms with Gasteiger partial charge in [0.2, 0.25) is 0 Å². The van der Waals surface area contributed by atoms with E-state index in [4.69, 9.17) is 5.11 Å². The molecule has 1 aromatic carbocycles. The highest BCUT2D eigenvalue weighted by molar-refractivity contribution is 5.92. The second kappa shape index (κ2) is 5.03. The molecule has 1 aromatic heterocycles. The molecular formula is C13H12N2O4. The lowest BCUT2D eigenvalue weighted by Crippen LogP contribution is -2.19. The first kappa shape index (κ1) is 13.0. The molecule has 2 N–H and O–H groups in total. The van der Waals surface area contributed by atoms with Gasteiger partial charge in [0.25, 0.3) is 5.43 Å². The Bertz CT molecular complexity index is 691. The number of Topliss-reactive ketones (excluding diaryl/α,β-unsaturated/α-hetero) is 1. The average molecular weight is 260 g/mol. The van der Waals surface area contributed by atoms with Gasteiger partial charge in [0.05, 0.1) is 18.5 Å². The van der Waals surface area contributed by atoms with Crippen LogP contribution in [0.5, 0.6) is 5.75 Å². The standard InChI is InChI=1S/C13H12N2O4/c1-8(17)12-13(19)11(18)6-15(14-12)10-4-2-3-9(5-10)7-16/h2-6,16,18H,7H2,1H3. The summed E-state index contributed by atoms with van der Waals surface area (Å²) in [5.74, 6) is -1.07. The van der Waals surface area contributed by atoms with E-state index in [0.29, 0.717) is 11.3 Å². The maximum atomic E-state index is 11.5. The van der Waals surface area contributed by atoms with Crippen molar-refractivity contribution in [2.75, 3.05) is 0 Å². The maximum Gasteiger partial charge on any atom is 0.252 e. The molecule has 2 aromatic rings. The molecule has 0 bridgehead atoms. The molecule has 0 atom stereocenters. The summed E-state index contributed by atoms with van der Waals surface area (Å²) in [6.07, 6.45) is 1.13. The van der Waals surface area contributed by atoms with E-state index in [1.165, 1.54) is 11.6 Å². The molecule has 6 nitrogen and oxygen atoms in total. The van der Waals surface area contributed by atoms with Crippen LogP contribution in [0.25, 0.3) is 5.69 Å². The Balaban J connectivity index is 2.62. The fourth-order valence-electron chi connectivity index (χ4n) is 1.64. The highest BCUT2D eigenvalue weighted by atomic mass is 16.3. The van der Waals surface area contributed by atoms with Crippen molar-refractivity contribution < 1.29 is 15.0 Å². The average Bonchev–Trinajstić information content (AvgIpc) is 2.41. The SMILES string of the molecule is CC(=O)c1nn(-c2cccc(CO)c2)cc(O)c1=O. The summed E-state index contributed by atoms with van der Waals surface area (Å²) in [4.78, 5) is 22.8. The van der Waals surface area contributed by atoms with Crippen LogP contribution in [0.15, 0.2) is 35.3 Å². The first-order valence-electron chi connectivity index (χ1n) is 5.57. The molecule has 0 radical (unpaired) electrons. The molecule has 1 heterocycles. The molecule has 0 aliphatic heterocycles. The van der Waals surface area contributed by atoms with Crippen molar-refractivity contribution in [3.8, 4) is 11.4 Å². The number of ketones is 1. The lowest BCUT2D eigenvalue weighted by molar-refractivity contribution is 0.100. The first-order chi connectivity index (χ1) is 9.02. The Hall–Kier alpha value is -2.47. The van der Waals surface area contributed by atoms with Crippen LogP contribution in [0.2, 0.25) is 0 Å². The van der Waals surface area contributed by atoms with Crippen LogP contribution in [-0.2, 0) is 6.61 Å². The van der Waals surface area contributed by atoms with Crippen LogP contribution in [0.1, 0.15) is 23.0 Å². The quantitative estimate of drug-likeness (QED) is 0.790. The molecule has 98 valence electrons. The number of aromatic hydroxyl groups is 1. The van der Waals surface area contributed by atoms with Crippen LogP contribution in [0.4, 0.5) is 0 Å². The Labute approximate surface area is 108 Å². The third-order valence-electron chi connectivity index (χ3n) is 2.59. The van der Waals surface area contributed by atoms with Crippen LogP contribution >= 0.6 is 0 Å². The largest absolute Gasteiger partial charge is 0.503 e. The Morgan fingerprint density at radius 1 is 1.42 bits per heavy atom. The third kappa shape index (κ3) is 2.53. The number of benzene rings is 1. The molecular weight excluding hydrogens is 248 g/mol. The second-order valence-electron chi connectivity index (χ2n) is 4.02. The molecule has 0 saturated carbocycles. The monoisotopic (exact) mass is 260 g/mol. The van der Waals surface area contributed by atoms with Crippen LogP contribution in [-0.4, -0.2) is 25.8 Å². The summed E-state index contributed by atoms with van der Waals surface area (Å²) >= 11 is 0. The van der Waals surface area contributed by atoms with Crippen molar-refractivity contribution in [2.24, 2.45) is 0 Å². The van der Waals surface area contributed by atoms with Crippen LogP contribution in [0, 0.1) is 0 Å². The highest BCUT2D eigenvalue weighted by Gasteiger charge is 2.13. The molecule has 6 heteroatoms. The number of hydrogen-bond acceptors (Lipinski definition) is 5. The van der Waals surface area contributed by atoms with E-state index in [9.17, 15) is 14.7 Å². The van der Waals surface area contributed by atoms with E-state index in [0.717, 1.165) is 6.20 Å². The van der Waals surface area contributed by atoms with Gasteiger partial charge >= 0.3 is 0 Å². The van der Waals surface area contributed by atoms with Crippen molar-refractivity contribution in [1.29, 1.82) is 0 Å². The van der Waals surface area contributed by atoms with Gasteiger partial charge < -0.3 is 10.2 Å². The van der Waals surface area contributed by atoms with Crippen molar-refractivity contribution >= 4 is 5.78 Å². The fourth-order valence-corrected chi connectivity index (χ4v) is 1.64. The number of carbonyl (C=O) groups is 1. The van der Waals surface area contributed by atoms with Gasteiger partial charge in [-0.05, 0) is 17.7 Å². The zero-order chi connectivity index (χ0) is 14.0. The third-order valence-corrected chi connectivity index (χ3v) is 2.59. The minimum atomic E-state index is -0.790. The summed E-state index contributed by atoms with van der Waals surface area (Å²) in [6, 6.07) is 6.74. The second-order valence-corrected chi connectivity index (χ2v) is 4.02. The van der Waals surface area contributed by atoms with E-state index in [-0.39, 0.29) is 12.3 Å². The highest BCUT2D eigenvalue weighted by Crippen LogP contribution is 2.12. The predicted octanol–water partition coefficient (Wildman–Crippen LogP) is 0.633. The summed E-state index contributed by atoms with van der Waals surface area (Å²) in [5, 5.41) is 22.5. The molecule has 19 heavy (non-hydrogen) atoms.